The average Bonchev–Trinajstić information content (AvgIpc) is 3.35. The van der Waals surface area contributed by atoms with Crippen molar-refractivity contribution in [3.05, 3.63) is 59.9 Å². The summed E-state index contributed by atoms with van der Waals surface area (Å²) in [7, 11) is 0. The summed E-state index contributed by atoms with van der Waals surface area (Å²) in [5.41, 5.74) is 1.85. The number of imide groups is 1. The third-order valence-corrected chi connectivity index (χ3v) is 3.76. The van der Waals surface area contributed by atoms with Crippen LogP contribution in [0.15, 0.2) is 48.8 Å². The number of ether oxygens (including phenoxy) is 1. The van der Waals surface area contributed by atoms with Gasteiger partial charge in [-0.1, -0.05) is 30.3 Å². The smallest absolute Gasteiger partial charge is 0.331 e. The second-order valence-electron chi connectivity index (χ2n) is 6.19. The Kier molecular flexibility index (Phi) is 5.98. The van der Waals surface area contributed by atoms with Gasteiger partial charge < -0.3 is 10.1 Å². The van der Waals surface area contributed by atoms with Crippen molar-refractivity contribution >= 4 is 24.0 Å². The van der Waals surface area contributed by atoms with Crippen molar-refractivity contribution in [3.8, 4) is 0 Å². The third-order valence-electron chi connectivity index (χ3n) is 3.76. The van der Waals surface area contributed by atoms with E-state index in [1.165, 1.54) is 6.08 Å². The summed E-state index contributed by atoms with van der Waals surface area (Å²) in [4.78, 5) is 34.6. The van der Waals surface area contributed by atoms with E-state index in [4.69, 9.17) is 4.74 Å². The fraction of sp³-hybridized carbons (Fsp3) is 0.263. The Hall–Kier alpha value is -3.42. The Labute approximate surface area is 156 Å². The normalized spacial score (nSPS) is 13.3. The molecule has 1 aliphatic rings. The van der Waals surface area contributed by atoms with E-state index in [0.717, 1.165) is 24.0 Å². The van der Waals surface area contributed by atoms with Crippen LogP contribution in [0.4, 0.5) is 4.79 Å². The fourth-order valence-corrected chi connectivity index (χ4v) is 2.28. The molecule has 8 heteroatoms. The average molecular weight is 368 g/mol. The molecule has 3 rings (SSSR count). The molecule has 2 aromatic rings. The summed E-state index contributed by atoms with van der Waals surface area (Å²) in [5.74, 6) is -1.35. The molecule has 0 atom stereocenters. The highest BCUT2D eigenvalue weighted by atomic mass is 16.5. The van der Waals surface area contributed by atoms with Crippen LogP contribution >= 0.6 is 0 Å². The molecule has 27 heavy (non-hydrogen) atoms. The third kappa shape index (κ3) is 6.43. The Morgan fingerprint density at radius 2 is 2.00 bits per heavy atom. The van der Waals surface area contributed by atoms with E-state index < -0.39 is 24.5 Å². The predicted molar refractivity (Wildman–Crippen MR) is 97.5 cm³/mol. The van der Waals surface area contributed by atoms with Crippen LogP contribution in [0.5, 0.6) is 0 Å². The van der Waals surface area contributed by atoms with Crippen molar-refractivity contribution in [3.63, 3.8) is 0 Å². The Morgan fingerprint density at radius 3 is 2.74 bits per heavy atom. The summed E-state index contributed by atoms with van der Waals surface area (Å²) in [6.45, 7) is 0.108. The van der Waals surface area contributed by atoms with Crippen molar-refractivity contribution in [2.45, 2.75) is 25.4 Å². The number of carbonyl (C=O) groups is 3. The van der Waals surface area contributed by atoms with Crippen LogP contribution in [0.2, 0.25) is 0 Å². The molecule has 8 nitrogen and oxygen atoms in total. The standard InChI is InChI=1S/C19H20N4O4/c24-17(22-19(26)21-16-7-8-16)13-27-18(25)9-6-15-10-20-23(12-15)11-14-4-2-1-3-5-14/h1-6,9-10,12,16H,7-8,11,13H2,(H2,21,22,24,26)/b9-6+. The van der Waals surface area contributed by atoms with Crippen LogP contribution in [0.1, 0.15) is 24.0 Å². The summed E-state index contributed by atoms with van der Waals surface area (Å²) in [5, 5.41) is 8.94. The minimum atomic E-state index is -0.677. The molecule has 0 saturated heterocycles. The number of hydrogen-bond acceptors (Lipinski definition) is 5. The van der Waals surface area contributed by atoms with Gasteiger partial charge in [-0.2, -0.15) is 5.10 Å². The molecule has 1 aliphatic carbocycles. The predicted octanol–water partition coefficient (Wildman–Crippen LogP) is 1.48. The Balaban J connectivity index is 1.40. The molecule has 0 aliphatic heterocycles. The number of esters is 1. The van der Waals surface area contributed by atoms with Crippen molar-refractivity contribution in [2.24, 2.45) is 0 Å². The van der Waals surface area contributed by atoms with Gasteiger partial charge in [0.1, 0.15) is 0 Å². The first-order valence-electron chi connectivity index (χ1n) is 8.60. The van der Waals surface area contributed by atoms with Crippen LogP contribution in [-0.4, -0.2) is 40.3 Å². The highest BCUT2D eigenvalue weighted by Gasteiger charge is 2.23. The lowest BCUT2D eigenvalue weighted by molar-refractivity contribution is -0.143. The molecule has 1 saturated carbocycles. The molecule has 0 unspecified atom stereocenters. The highest BCUT2D eigenvalue weighted by Crippen LogP contribution is 2.18. The number of nitrogens with one attached hydrogen (secondary N) is 2. The van der Waals surface area contributed by atoms with Crippen molar-refractivity contribution in [2.75, 3.05) is 6.61 Å². The van der Waals surface area contributed by atoms with Gasteiger partial charge in [-0.05, 0) is 24.5 Å². The van der Waals surface area contributed by atoms with Crippen LogP contribution in [0, 0.1) is 0 Å². The van der Waals surface area contributed by atoms with Gasteiger partial charge in [0.15, 0.2) is 6.61 Å². The number of nitrogens with zero attached hydrogens (tertiary/aromatic N) is 2. The second kappa shape index (κ2) is 8.79. The van der Waals surface area contributed by atoms with Gasteiger partial charge >= 0.3 is 12.0 Å². The molecule has 1 heterocycles. The molecule has 1 aromatic heterocycles. The molecule has 1 fully saturated rings. The minimum absolute atomic E-state index is 0.145. The van der Waals surface area contributed by atoms with E-state index in [1.807, 2.05) is 30.3 Å². The van der Waals surface area contributed by atoms with Crippen LogP contribution < -0.4 is 10.6 Å². The monoisotopic (exact) mass is 368 g/mol. The van der Waals surface area contributed by atoms with Gasteiger partial charge in [-0.15, -0.1) is 0 Å². The summed E-state index contributed by atoms with van der Waals surface area (Å²) in [6.07, 6.45) is 8.02. The van der Waals surface area contributed by atoms with Crippen LogP contribution in [0.25, 0.3) is 6.08 Å². The number of amides is 3. The van der Waals surface area contributed by atoms with Gasteiger partial charge in [0, 0.05) is 23.9 Å². The highest BCUT2D eigenvalue weighted by molar-refractivity contribution is 5.96. The van der Waals surface area contributed by atoms with E-state index in [-0.39, 0.29) is 6.04 Å². The van der Waals surface area contributed by atoms with Crippen molar-refractivity contribution in [1.29, 1.82) is 0 Å². The molecule has 0 bridgehead atoms. The maximum atomic E-state index is 11.7. The largest absolute Gasteiger partial charge is 0.452 e. The maximum Gasteiger partial charge on any atom is 0.331 e. The molecular formula is C19H20N4O4. The van der Waals surface area contributed by atoms with Crippen LogP contribution in [0.3, 0.4) is 0 Å². The van der Waals surface area contributed by atoms with Gasteiger partial charge in [0.05, 0.1) is 12.7 Å². The first-order chi connectivity index (χ1) is 13.1. The number of urea groups is 1. The summed E-state index contributed by atoms with van der Waals surface area (Å²) >= 11 is 0. The number of rotatable bonds is 7. The summed E-state index contributed by atoms with van der Waals surface area (Å²) in [6, 6.07) is 9.45. The zero-order valence-corrected chi connectivity index (χ0v) is 14.6. The number of hydrogen-bond donors (Lipinski definition) is 2. The number of benzene rings is 1. The van der Waals surface area contributed by atoms with Gasteiger partial charge in [0.2, 0.25) is 0 Å². The van der Waals surface area contributed by atoms with E-state index in [0.29, 0.717) is 6.54 Å². The van der Waals surface area contributed by atoms with E-state index in [1.54, 1.807) is 23.2 Å². The van der Waals surface area contributed by atoms with Crippen molar-refractivity contribution < 1.29 is 19.1 Å². The fourth-order valence-electron chi connectivity index (χ4n) is 2.28. The Bertz CT molecular complexity index is 840. The molecule has 3 amide bonds. The molecule has 140 valence electrons. The first kappa shape index (κ1) is 18.4. The molecule has 0 radical (unpaired) electrons. The van der Waals surface area contributed by atoms with Gasteiger partial charge in [0.25, 0.3) is 5.91 Å². The minimum Gasteiger partial charge on any atom is -0.452 e. The second-order valence-corrected chi connectivity index (χ2v) is 6.19. The number of aromatic nitrogens is 2. The zero-order valence-electron chi connectivity index (χ0n) is 14.6. The Morgan fingerprint density at radius 1 is 1.22 bits per heavy atom. The summed E-state index contributed by atoms with van der Waals surface area (Å²) < 4.78 is 6.56. The molecular weight excluding hydrogens is 348 g/mol. The van der Waals surface area contributed by atoms with Gasteiger partial charge in [-0.25, -0.2) is 9.59 Å². The SMILES string of the molecule is O=C(COC(=O)/C=C/c1cnn(Cc2ccccc2)c1)NC(=O)NC1CC1. The van der Waals surface area contributed by atoms with Crippen LogP contribution in [-0.2, 0) is 20.9 Å². The van der Waals surface area contributed by atoms with Crippen molar-refractivity contribution in [1.82, 2.24) is 20.4 Å². The lowest BCUT2D eigenvalue weighted by atomic mass is 10.2. The lowest BCUT2D eigenvalue weighted by Gasteiger charge is -2.05. The molecule has 2 N–H and O–H groups in total. The first-order valence-corrected chi connectivity index (χ1v) is 8.60. The quantitative estimate of drug-likeness (QED) is 0.569. The maximum absolute atomic E-state index is 11.7. The zero-order chi connectivity index (χ0) is 19.1. The lowest BCUT2D eigenvalue weighted by Crippen LogP contribution is -2.42. The number of carbonyl (C=O) groups excluding carboxylic acids is 3. The van der Waals surface area contributed by atoms with E-state index in [2.05, 4.69) is 15.7 Å². The van der Waals surface area contributed by atoms with E-state index in [9.17, 15) is 14.4 Å². The van der Waals surface area contributed by atoms with Gasteiger partial charge in [-0.3, -0.25) is 14.8 Å². The topological polar surface area (TPSA) is 102 Å². The van der Waals surface area contributed by atoms with E-state index >= 15 is 0 Å². The molecule has 1 aromatic carbocycles. The molecule has 0 spiro atoms.